The maximum atomic E-state index is 7.35. The second-order valence-corrected chi connectivity index (χ2v) is 19.2. The minimum Gasteiger partial charge on any atom is -0.501 e. The number of nitrogens with zero attached hydrogens (tertiary/aromatic N) is 2. The number of aryl methyl sites for hydroxylation is 1. The van der Waals surface area contributed by atoms with Crippen molar-refractivity contribution in [1.82, 2.24) is 9.97 Å². The van der Waals surface area contributed by atoms with Crippen molar-refractivity contribution in [2.24, 2.45) is 0 Å². The van der Waals surface area contributed by atoms with Gasteiger partial charge in [0.05, 0.1) is 13.7 Å². The van der Waals surface area contributed by atoms with E-state index in [1.54, 1.807) is 12.1 Å². The van der Waals surface area contributed by atoms with Crippen LogP contribution in [0.25, 0.3) is 66.7 Å². The molecule has 8 aromatic rings. The SMILES string of the molecule is CC(C)c1ccnc(-c2[c-]ccc3c2oc2cc(-c4ccc(-c5ccccc5)cc4)ccc23)c1.[2H]C([2H])([2H])c1c[c-]c(-c2ccc([Si](C)(C)C)cn2)cc1.[Ir]. The van der Waals surface area contributed by atoms with Gasteiger partial charge in [0, 0.05) is 42.0 Å². The summed E-state index contributed by atoms with van der Waals surface area (Å²) >= 11 is 0. The van der Waals surface area contributed by atoms with E-state index >= 15 is 0 Å². The van der Waals surface area contributed by atoms with Crippen LogP contribution >= 0.6 is 0 Å². The number of fused-ring (bicyclic) bond motifs is 3. The Balaban J connectivity index is 0.000000211. The van der Waals surface area contributed by atoms with Gasteiger partial charge in [-0.15, -0.1) is 53.6 Å². The number of aromatic nitrogens is 2. The number of benzene rings is 5. The van der Waals surface area contributed by atoms with E-state index in [1.807, 2.05) is 30.6 Å². The molecule has 5 aromatic carbocycles. The second-order valence-electron chi connectivity index (χ2n) is 14.2. The topological polar surface area (TPSA) is 38.9 Å². The molecular weight excluding hydrogens is 829 g/mol. The smallest absolute Gasteiger partial charge is 0.121 e. The molecule has 0 saturated heterocycles. The largest absolute Gasteiger partial charge is 0.501 e. The molecule has 52 heavy (non-hydrogen) atoms. The maximum absolute atomic E-state index is 7.35. The van der Waals surface area contributed by atoms with Crippen LogP contribution in [-0.2, 0) is 20.1 Å². The third-order valence-electron chi connectivity index (χ3n) is 9.18. The van der Waals surface area contributed by atoms with E-state index in [2.05, 4.69) is 147 Å². The van der Waals surface area contributed by atoms with Crippen molar-refractivity contribution >= 4 is 35.2 Å². The Morgan fingerprint density at radius 2 is 1.42 bits per heavy atom. The van der Waals surface area contributed by atoms with E-state index in [-0.39, 0.29) is 20.1 Å². The monoisotopic (exact) mass is 874 g/mol. The standard InChI is InChI=1S/C32H24NO.C15H18NSi.Ir/c1-21(2)25-17-18-33-30(19-25)29-10-6-9-28-27-16-15-26(20-31(27)34-32(28)29)24-13-11-23(12-14-24)22-7-4-3-5-8-22;1-12-5-7-13(8-6-12)15-10-9-14(11-16-15)17(2,3)4;/h3-9,11-21H,1-2H3;5-7,9-11H,1-4H3;/q2*-1;/i;1D3;. The maximum Gasteiger partial charge on any atom is 0.121 e. The summed E-state index contributed by atoms with van der Waals surface area (Å²) in [5.74, 6) is 0.437. The van der Waals surface area contributed by atoms with Crippen molar-refractivity contribution < 1.29 is 28.6 Å². The first-order valence-corrected chi connectivity index (χ1v) is 20.8. The summed E-state index contributed by atoms with van der Waals surface area (Å²) in [5.41, 5.74) is 11.5. The average molecular weight is 874 g/mol. The van der Waals surface area contributed by atoms with Crippen molar-refractivity contribution in [2.75, 3.05) is 0 Å². The molecule has 0 N–H and O–H groups in total. The van der Waals surface area contributed by atoms with E-state index in [9.17, 15) is 0 Å². The van der Waals surface area contributed by atoms with Crippen molar-refractivity contribution in [3.63, 3.8) is 0 Å². The van der Waals surface area contributed by atoms with Gasteiger partial charge in [-0.05, 0) is 56.9 Å². The molecule has 0 unspecified atom stereocenters. The summed E-state index contributed by atoms with van der Waals surface area (Å²) in [4.78, 5) is 9.09. The zero-order valence-electron chi connectivity index (χ0n) is 33.0. The first kappa shape index (κ1) is 32.9. The molecular formula is C47H42IrN2OSi-2. The van der Waals surface area contributed by atoms with Crippen LogP contribution in [0.5, 0.6) is 0 Å². The molecule has 8 rings (SSSR count). The van der Waals surface area contributed by atoms with Gasteiger partial charge in [-0.25, -0.2) is 0 Å². The fraction of sp³-hybridized carbons (Fsp3) is 0.149. The summed E-state index contributed by atoms with van der Waals surface area (Å²) in [5, 5.41) is 3.50. The van der Waals surface area contributed by atoms with Crippen molar-refractivity contribution in [1.29, 1.82) is 0 Å². The molecule has 0 fully saturated rings. The summed E-state index contributed by atoms with van der Waals surface area (Å²) in [7, 11) is -1.34. The van der Waals surface area contributed by atoms with Gasteiger partial charge in [-0.2, -0.15) is 0 Å². The molecule has 0 spiro atoms. The summed E-state index contributed by atoms with van der Waals surface area (Å²) in [6.45, 7) is 9.14. The Hall–Kier alpha value is -4.93. The molecule has 3 nitrogen and oxygen atoms in total. The van der Waals surface area contributed by atoms with Gasteiger partial charge in [0.25, 0.3) is 0 Å². The molecule has 0 atom stereocenters. The summed E-state index contributed by atoms with van der Waals surface area (Å²) in [6, 6.07) is 49.2. The van der Waals surface area contributed by atoms with E-state index in [1.165, 1.54) is 33.5 Å². The third-order valence-corrected chi connectivity index (χ3v) is 11.2. The summed E-state index contributed by atoms with van der Waals surface area (Å²) < 4.78 is 28.5. The molecule has 0 aliphatic heterocycles. The fourth-order valence-electron chi connectivity index (χ4n) is 6.12. The molecule has 261 valence electrons. The first-order chi connectivity index (χ1) is 25.8. The van der Waals surface area contributed by atoms with Crippen molar-refractivity contribution in [3.05, 3.63) is 163 Å². The van der Waals surface area contributed by atoms with E-state index in [0.717, 1.165) is 50.0 Å². The van der Waals surface area contributed by atoms with Crippen LogP contribution in [0.4, 0.5) is 0 Å². The van der Waals surface area contributed by atoms with Crippen LogP contribution in [0, 0.1) is 19.0 Å². The van der Waals surface area contributed by atoms with Crippen LogP contribution < -0.4 is 5.19 Å². The average Bonchev–Trinajstić information content (AvgIpc) is 3.56. The van der Waals surface area contributed by atoms with Gasteiger partial charge in [0.1, 0.15) is 5.58 Å². The zero-order valence-corrected chi connectivity index (χ0v) is 33.4. The molecule has 3 aromatic heterocycles. The van der Waals surface area contributed by atoms with Gasteiger partial charge >= 0.3 is 0 Å². The molecule has 0 amide bonds. The van der Waals surface area contributed by atoms with Crippen LogP contribution in [0.2, 0.25) is 19.6 Å². The Morgan fingerprint density at radius 3 is 2.08 bits per heavy atom. The van der Waals surface area contributed by atoms with Crippen molar-refractivity contribution in [2.45, 2.75) is 46.3 Å². The Bertz CT molecular complexity index is 2470. The van der Waals surface area contributed by atoms with Crippen molar-refractivity contribution in [3.8, 4) is 44.8 Å². The molecule has 1 radical (unpaired) electrons. The van der Waals surface area contributed by atoms with Gasteiger partial charge in [0.15, 0.2) is 0 Å². The minimum atomic E-state index is -2.08. The van der Waals surface area contributed by atoms with E-state index in [4.69, 9.17) is 8.53 Å². The van der Waals surface area contributed by atoms with Gasteiger partial charge in [0.2, 0.25) is 0 Å². The zero-order chi connectivity index (χ0) is 38.0. The third kappa shape index (κ3) is 8.08. The molecule has 0 saturated carbocycles. The predicted molar refractivity (Wildman–Crippen MR) is 217 cm³/mol. The van der Waals surface area contributed by atoms with E-state index < -0.39 is 14.9 Å². The van der Waals surface area contributed by atoms with Crippen LogP contribution in [0.3, 0.4) is 0 Å². The van der Waals surface area contributed by atoms with Crippen LogP contribution in [-0.4, -0.2) is 18.0 Å². The normalized spacial score (nSPS) is 12.4. The van der Waals surface area contributed by atoms with Gasteiger partial charge in [-0.1, -0.05) is 142 Å². The number of hydrogen-bond donors (Lipinski definition) is 0. The fourth-order valence-corrected chi connectivity index (χ4v) is 7.16. The van der Waals surface area contributed by atoms with Crippen LogP contribution in [0.1, 0.15) is 35.0 Å². The second kappa shape index (κ2) is 15.8. The molecule has 0 bridgehead atoms. The number of rotatable bonds is 6. The Kier molecular flexibility index (Phi) is 9.98. The molecule has 0 aliphatic carbocycles. The summed E-state index contributed by atoms with van der Waals surface area (Å²) in [6.07, 6.45) is 3.80. The Morgan fingerprint density at radius 1 is 0.692 bits per heavy atom. The number of hydrogen-bond acceptors (Lipinski definition) is 3. The van der Waals surface area contributed by atoms with Gasteiger partial charge < -0.3 is 14.4 Å². The number of pyridine rings is 2. The number of furan rings is 1. The molecule has 5 heteroatoms. The van der Waals surface area contributed by atoms with Gasteiger partial charge in [-0.3, -0.25) is 0 Å². The Labute approximate surface area is 326 Å². The predicted octanol–water partition coefficient (Wildman–Crippen LogP) is 12.3. The molecule has 3 heterocycles. The first-order valence-electron chi connectivity index (χ1n) is 18.8. The molecule has 0 aliphatic rings. The quantitative estimate of drug-likeness (QED) is 0.123. The van der Waals surface area contributed by atoms with E-state index in [0.29, 0.717) is 11.5 Å². The minimum absolute atomic E-state index is 0. The van der Waals surface area contributed by atoms with Crippen LogP contribution in [0.15, 0.2) is 144 Å².